The number of allylic oxidation sites excluding steroid dienone is 2. The fourth-order valence-corrected chi connectivity index (χ4v) is 4.09. The van der Waals surface area contributed by atoms with Crippen molar-refractivity contribution in [3.8, 4) is 0 Å². The molecule has 3 heteroatoms. The summed E-state index contributed by atoms with van der Waals surface area (Å²) in [6, 6.07) is 18.6. The van der Waals surface area contributed by atoms with Gasteiger partial charge in [-0.05, 0) is 25.0 Å². The lowest BCUT2D eigenvalue weighted by Gasteiger charge is -2.29. The maximum atomic E-state index is 6.28. The van der Waals surface area contributed by atoms with Crippen molar-refractivity contribution in [3.63, 3.8) is 0 Å². The Labute approximate surface area is 133 Å². The van der Waals surface area contributed by atoms with E-state index in [2.05, 4.69) is 36.9 Å². The lowest BCUT2D eigenvalue weighted by molar-refractivity contribution is 0.332. The van der Waals surface area contributed by atoms with Crippen molar-refractivity contribution in [1.29, 1.82) is 0 Å². The van der Waals surface area contributed by atoms with Gasteiger partial charge in [-0.2, -0.15) is 0 Å². The number of benzene rings is 2. The monoisotopic (exact) mass is 310 g/mol. The molecule has 1 aliphatic heterocycles. The van der Waals surface area contributed by atoms with Crippen molar-refractivity contribution in [2.75, 3.05) is 6.61 Å². The fourth-order valence-electron chi connectivity index (χ4n) is 2.57. The molecule has 0 N–H and O–H groups in total. The van der Waals surface area contributed by atoms with Gasteiger partial charge in [0.15, 0.2) is 0 Å². The average Bonchev–Trinajstić information content (AvgIpc) is 2.58. The highest BCUT2D eigenvalue weighted by molar-refractivity contribution is 7.56. The molecule has 0 amide bonds. The molecule has 2 aromatic rings. The summed E-state index contributed by atoms with van der Waals surface area (Å²) in [4.78, 5) is 0. The molecule has 112 valence electrons. The number of fused-ring (bicyclic) bond motifs is 1. The lowest BCUT2D eigenvalue weighted by Crippen LogP contribution is -2.17. The van der Waals surface area contributed by atoms with Gasteiger partial charge in [0.25, 0.3) is 8.38 Å². The van der Waals surface area contributed by atoms with Crippen LogP contribution in [0.2, 0.25) is 0 Å². The lowest BCUT2D eigenvalue weighted by atomic mass is 9.98. The zero-order valence-electron chi connectivity index (χ0n) is 12.7. The van der Waals surface area contributed by atoms with Crippen molar-refractivity contribution in [1.82, 2.24) is 0 Å². The first-order valence-electron chi connectivity index (χ1n) is 7.45. The quantitative estimate of drug-likeness (QED) is 0.562. The third kappa shape index (κ3) is 2.85. The van der Waals surface area contributed by atoms with Gasteiger partial charge in [-0.25, -0.2) is 0 Å². The van der Waals surface area contributed by atoms with Crippen LogP contribution in [0.5, 0.6) is 0 Å². The van der Waals surface area contributed by atoms with Crippen LogP contribution in [-0.2, 0) is 9.05 Å². The molecule has 1 unspecified atom stereocenters. The minimum absolute atomic E-state index is 0.638. The Balaban J connectivity index is 2.17. The van der Waals surface area contributed by atoms with Crippen LogP contribution in [-0.4, -0.2) is 6.61 Å². The van der Waals surface area contributed by atoms with Crippen LogP contribution in [0.4, 0.5) is 0 Å². The Bertz CT molecular complexity index is 692. The maximum Gasteiger partial charge on any atom is 0.265 e. The standard InChI is InChI=1S/C19H19O2P/c1-3-10-17-16-13-8-9-14-18(16)22(20-4-2)21-19(17)15-11-6-5-7-12-15/h3,5-9,11-14H,1,4,10H2,2H3. The average molecular weight is 310 g/mol. The zero-order valence-corrected chi connectivity index (χ0v) is 13.6. The summed E-state index contributed by atoms with van der Waals surface area (Å²) in [5.41, 5.74) is 3.48. The number of hydrogen-bond acceptors (Lipinski definition) is 2. The molecule has 0 bridgehead atoms. The van der Waals surface area contributed by atoms with Gasteiger partial charge >= 0.3 is 0 Å². The minimum atomic E-state index is -1.08. The zero-order chi connectivity index (χ0) is 15.4. The van der Waals surface area contributed by atoms with Crippen LogP contribution >= 0.6 is 8.38 Å². The Morgan fingerprint density at radius 1 is 1.09 bits per heavy atom. The SMILES string of the molecule is C=CCC1=C(c2ccccc2)OP(OCC)c2ccccc21. The fraction of sp³-hybridized carbons (Fsp3) is 0.158. The molecular weight excluding hydrogens is 291 g/mol. The van der Waals surface area contributed by atoms with Crippen LogP contribution in [0, 0.1) is 0 Å². The van der Waals surface area contributed by atoms with Crippen molar-refractivity contribution in [2.24, 2.45) is 0 Å². The maximum absolute atomic E-state index is 6.28. The summed E-state index contributed by atoms with van der Waals surface area (Å²) in [5.74, 6) is 0.916. The largest absolute Gasteiger partial charge is 0.443 e. The van der Waals surface area contributed by atoms with E-state index in [1.165, 1.54) is 11.1 Å². The van der Waals surface area contributed by atoms with E-state index in [1.54, 1.807) is 0 Å². The summed E-state index contributed by atoms with van der Waals surface area (Å²) in [5, 5.41) is 1.15. The first-order chi connectivity index (χ1) is 10.8. The van der Waals surface area contributed by atoms with E-state index in [0.717, 1.165) is 23.0 Å². The second-order valence-electron chi connectivity index (χ2n) is 4.95. The topological polar surface area (TPSA) is 18.5 Å². The molecule has 0 saturated carbocycles. The highest BCUT2D eigenvalue weighted by Crippen LogP contribution is 2.50. The molecule has 3 rings (SSSR count). The molecule has 0 aliphatic carbocycles. The van der Waals surface area contributed by atoms with Crippen LogP contribution in [0.15, 0.2) is 67.3 Å². The van der Waals surface area contributed by atoms with Crippen molar-refractivity contribution >= 4 is 25.0 Å². The second kappa shape index (κ2) is 6.91. The van der Waals surface area contributed by atoms with Crippen LogP contribution in [0.25, 0.3) is 11.3 Å². The number of rotatable bonds is 5. The summed E-state index contributed by atoms with van der Waals surface area (Å²) in [6.45, 7) is 6.53. The smallest absolute Gasteiger partial charge is 0.265 e. The normalized spacial score (nSPS) is 16.9. The Morgan fingerprint density at radius 2 is 1.82 bits per heavy atom. The minimum Gasteiger partial charge on any atom is -0.443 e. The van der Waals surface area contributed by atoms with E-state index in [0.29, 0.717) is 6.61 Å². The van der Waals surface area contributed by atoms with E-state index in [-0.39, 0.29) is 0 Å². The predicted molar refractivity (Wildman–Crippen MR) is 93.8 cm³/mol. The predicted octanol–water partition coefficient (Wildman–Crippen LogP) is 5.13. The van der Waals surface area contributed by atoms with Crippen molar-refractivity contribution in [3.05, 3.63) is 78.4 Å². The second-order valence-corrected chi connectivity index (χ2v) is 6.39. The van der Waals surface area contributed by atoms with Gasteiger partial charge in [0, 0.05) is 16.4 Å². The molecule has 0 saturated heterocycles. The van der Waals surface area contributed by atoms with Gasteiger partial charge in [0.2, 0.25) is 0 Å². The summed E-state index contributed by atoms with van der Waals surface area (Å²) in [7, 11) is -1.08. The van der Waals surface area contributed by atoms with E-state index in [9.17, 15) is 0 Å². The molecule has 1 heterocycles. The molecule has 2 nitrogen and oxygen atoms in total. The molecule has 22 heavy (non-hydrogen) atoms. The van der Waals surface area contributed by atoms with Gasteiger partial charge in [-0.15, -0.1) is 6.58 Å². The molecule has 0 spiro atoms. The molecule has 0 radical (unpaired) electrons. The molecule has 0 aromatic heterocycles. The van der Waals surface area contributed by atoms with E-state index in [4.69, 9.17) is 9.05 Å². The van der Waals surface area contributed by atoms with Gasteiger partial charge in [-0.1, -0.05) is 54.6 Å². The molecular formula is C19H19O2P. The highest BCUT2D eigenvalue weighted by Gasteiger charge is 2.29. The Hall–Kier alpha value is -1.89. The van der Waals surface area contributed by atoms with Gasteiger partial charge in [0.05, 0.1) is 6.61 Å². The van der Waals surface area contributed by atoms with E-state index >= 15 is 0 Å². The van der Waals surface area contributed by atoms with Gasteiger partial charge < -0.3 is 9.05 Å². The van der Waals surface area contributed by atoms with E-state index < -0.39 is 8.38 Å². The molecule has 1 aliphatic rings. The molecule has 0 fully saturated rings. The highest BCUT2D eigenvalue weighted by atomic mass is 31.2. The Kier molecular flexibility index (Phi) is 4.72. The number of hydrogen-bond donors (Lipinski definition) is 0. The summed E-state index contributed by atoms with van der Waals surface area (Å²) < 4.78 is 12.1. The molecule has 1 atom stereocenters. The Morgan fingerprint density at radius 3 is 2.55 bits per heavy atom. The van der Waals surface area contributed by atoms with Crippen LogP contribution in [0.3, 0.4) is 0 Å². The van der Waals surface area contributed by atoms with E-state index in [1.807, 2.05) is 37.3 Å². The van der Waals surface area contributed by atoms with Crippen LogP contribution in [0.1, 0.15) is 24.5 Å². The third-order valence-electron chi connectivity index (χ3n) is 3.50. The van der Waals surface area contributed by atoms with Crippen molar-refractivity contribution in [2.45, 2.75) is 13.3 Å². The summed E-state index contributed by atoms with van der Waals surface area (Å²) in [6.07, 6.45) is 2.70. The van der Waals surface area contributed by atoms with Crippen molar-refractivity contribution < 1.29 is 9.05 Å². The van der Waals surface area contributed by atoms with Gasteiger partial charge in [0.1, 0.15) is 5.76 Å². The first-order valence-corrected chi connectivity index (χ1v) is 8.62. The van der Waals surface area contributed by atoms with Gasteiger partial charge in [-0.3, -0.25) is 0 Å². The summed E-state index contributed by atoms with van der Waals surface area (Å²) >= 11 is 0. The molecule has 2 aromatic carbocycles. The first kappa shape index (κ1) is 15.0. The van der Waals surface area contributed by atoms with Crippen LogP contribution < -0.4 is 5.30 Å². The third-order valence-corrected chi connectivity index (χ3v) is 5.13.